The first-order valence-corrected chi connectivity index (χ1v) is 8.90. The average molecular weight is 372 g/mol. The van der Waals surface area contributed by atoms with Crippen LogP contribution in [0.15, 0.2) is 72.6 Å². The van der Waals surface area contributed by atoms with Gasteiger partial charge in [-0.2, -0.15) is 10.4 Å². The Morgan fingerprint density at radius 3 is 2.64 bits per heavy atom. The maximum absolute atomic E-state index is 12.4. The van der Waals surface area contributed by atoms with Crippen molar-refractivity contribution in [1.29, 1.82) is 5.26 Å². The number of rotatable bonds is 7. The lowest BCUT2D eigenvalue weighted by Gasteiger charge is -2.06. The van der Waals surface area contributed by atoms with Crippen molar-refractivity contribution in [2.24, 2.45) is 0 Å². The molecule has 3 aromatic rings. The highest BCUT2D eigenvalue weighted by molar-refractivity contribution is 6.09. The molecule has 0 radical (unpaired) electrons. The van der Waals surface area contributed by atoms with E-state index in [1.807, 2.05) is 43.3 Å². The van der Waals surface area contributed by atoms with E-state index in [1.165, 1.54) is 6.08 Å². The molecule has 0 atom stereocenters. The van der Waals surface area contributed by atoms with E-state index in [2.05, 4.69) is 10.4 Å². The van der Waals surface area contributed by atoms with Gasteiger partial charge in [-0.05, 0) is 42.8 Å². The molecule has 6 heteroatoms. The van der Waals surface area contributed by atoms with Crippen LogP contribution >= 0.6 is 0 Å². The van der Waals surface area contributed by atoms with Gasteiger partial charge in [0.1, 0.15) is 17.4 Å². The van der Waals surface area contributed by atoms with Crippen molar-refractivity contribution in [3.8, 4) is 11.8 Å². The number of carbonyl (C=O) groups is 1. The molecular formula is C22H20N4O2. The minimum absolute atomic E-state index is 0.00754. The summed E-state index contributed by atoms with van der Waals surface area (Å²) in [5.74, 6) is 0.254. The van der Waals surface area contributed by atoms with Crippen LogP contribution in [0.1, 0.15) is 18.1 Å². The molecule has 0 bridgehead atoms. The first-order chi connectivity index (χ1) is 13.7. The smallest absolute Gasteiger partial charge is 0.266 e. The summed E-state index contributed by atoms with van der Waals surface area (Å²) in [6, 6.07) is 18.9. The van der Waals surface area contributed by atoms with Crippen LogP contribution in [0.2, 0.25) is 0 Å². The summed E-state index contributed by atoms with van der Waals surface area (Å²) in [5.41, 5.74) is 2.41. The van der Waals surface area contributed by atoms with Gasteiger partial charge >= 0.3 is 0 Å². The van der Waals surface area contributed by atoms with Gasteiger partial charge in [-0.3, -0.25) is 9.48 Å². The third kappa shape index (κ3) is 5.08. The van der Waals surface area contributed by atoms with Crippen molar-refractivity contribution >= 4 is 17.7 Å². The van der Waals surface area contributed by atoms with Gasteiger partial charge in [0.05, 0.1) is 19.3 Å². The SMILES string of the molecule is CCOc1ccc(NC(=O)/C(C#N)=C/c2cnn(Cc3ccccc3)c2)cc1. The van der Waals surface area contributed by atoms with Gasteiger partial charge in [0.2, 0.25) is 0 Å². The molecule has 28 heavy (non-hydrogen) atoms. The predicted octanol–water partition coefficient (Wildman–Crippen LogP) is 3.88. The standard InChI is InChI=1S/C22H20N4O2/c1-2-28-21-10-8-20(9-11-21)25-22(27)19(13-23)12-18-14-24-26(16-18)15-17-6-4-3-5-7-17/h3-12,14,16H,2,15H2,1H3,(H,25,27)/b19-12+. The van der Waals surface area contributed by atoms with Crippen LogP contribution in [0, 0.1) is 11.3 Å². The zero-order chi connectivity index (χ0) is 19.8. The third-order valence-corrected chi connectivity index (χ3v) is 3.94. The summed E-state index contributed by atoms with van der Waals surface area (Å²) in [4.78, 5) is 12.4. The molecule has 0 saturated carbocycles. The molecule has 0 aliphatic heterocycles. The van der Waals surface area contributed by atoms with Crippen LogP contribution in [-0.2, 0) is 11.3 Å². The number of carbonyl (C=O) groups excluding carboxylic acids is 1. The van der Waals surface area contributed by atoms with Gasteiger partial charge < -0.3 is 10.1 Å². The van der Waals surface area contributed by atoms with Crippen molar-refractivity contribution < 1.29 is 9.53 Å². The van der Waals surface area contributed by atoms with Gasteiger partial charge in [-0.15, -0.1) is 0 Å². The van der Waals surface area contributed by atoms with Crippen molar-refractivity contribution in [2.45, 2.75) is 13.5 Å². The van der Waals surface area contributed by atoms with Gasteiger partial charge in [-0.25, -0.2) is 0 Å². The zero-order valence-electron chi connectivity index (χ0n) is 15.5. The van der Waals surface area contributed by atoms with Crippen molar-refractivity contribution in [2.75, 3.05) is 11.9 Å². The molecule has 0 spiro atoms. The van der Waals surface area contributed by atoms with Gasteiger partial charge in [0.25, 0.3) is 5.91 Å². The fourth-order valence-electron chi connectivity index (χ4n) is 2.63. The lowest BCUT2D eigenvalue weighted by atomic mass is 10.2. The summed E-state index contributed by atoms with van der Waals surface area (Å²) < 4.78 is 7.14. The molecule has 1 N–H and O–H groups in total. The number of nitriles is 1. The number of amides is 1. The number of ether oxygens (including phenoxy) is 1. The molecule has 1 amide bonds. The first kappa shape index (κ1) is 18.9. The molecule has 0 aliphatic rings. The second-order valence-corrected chi connectivity index (χ2v) is 6.04. The van der Waals surface area contributed by atoms with E-state index in [1.54, 1.807) is 41.3 Å². The molecule has 140 valence electrons. The fourth-order valence-corrected chi connectivity index (χ4v) is 2.63. The van der Waals surface area contributed by atoms with E-state index in [-0.39, 0.29) is 5.57 Å². The van der Waals surface area contributed by atoms with Crippen LogP contribution in [-0.4, -0.2) is 22.3 Å². The molecule has 6 nitrogen and oxygen atoms in total. The Hall–Kier alpha value is -3.85. The molecule has 0 aliphatic carbocycles. The maximum Gasteiger partial charge on any atom is 0.266 e. The quantitative estimate of drug-likeness (QED) is 0.504. The lowest BCUT2D eigenvalue weighted by molar-refractivity contribution is -0.112. The third-order valence-electron chi connectivity index (χ3n) is 3.94. The molecule has 0 fully saturated rings. The summed E-state index contributed by atoms with van der Waals surface area (Å²) >= 11 is 0. The fraction of sp³-hybridized carbons (Fsp3) is 0.136. The van der Waals surface area contributed by atoms with Gasteiger partial charge in [0, 0.05) is 17.4 Å². The minimum Gasteiger partial charge on any atom is -0.494 e. The van der Waals surface area contributed by atoms with Crippen LogP contribution in [0.25, 0.3) is 6.08 Å². The first-order valence-electron chi connectivity index (χ1n) is 8.90. The Morgan fingerprint density at radius 2 is 1.96 bits per heavy atom. The number of anilines is 1. The lowest BCUT2D eigenvalue weighted by Crippen LogP contribution is -2.13. The number of nitrogens with one attached hydrogen (secondary N) is 1. The number of nitrogens with zero attached hydrogens (tertiary/aromatic N) is 3. The van der Waals surface area contributed by atoms with Crippen LogP contribution in [0.5, 0.6) is 5.75 Å². The van der Waals surface area contributed by atoms with E-state index >= 15 is 0 Å². The highest BCUT2D eigenvalue weighted by Gasteiger charge is 2.10. The van der Waals surface area contributed by atoms with E-state index in [9.17, 15) is 10.1 Å². The van der Waals surface area contributed by atoms with E-state index < -0.39 is 5.91 Å². The summed E-state index contributed by atoms with van der Waals surface area (Å²) in [7, 11) is 0. The molecule has 3 rings (SSSR count). The average Bonchev–Trinajstić information content (AvgIpc) is 3.15. The number of benzene rings is 2. The van der Waals surface area contributed by atoms with Crippen molar-refractivity contribution in [1.82, 2.24) is 9.78 Å². The topological polar surface area (TPSA) is 79.9 Å². The monoisotopic (exact) mass is 372 g/mol. The molecule has 0 saturated heterocycles. The molecular weight excluding hydrogens is 352 g/mol. The Kier molecular flexibility index (Phi) is 6.21. The number of hydrogen-bond acceptors (Lipinski definition) is 4. The van der Waals surface area contributed by atoms with Crippen LogP contribution in [0.4, 0.5) is 5.69 Å². The molecule has 1 aromatic heterocycles. The second-order valence-electron chi connectivity index (χ2n) is 6.04. The Morgan fingerprint density at radius 1 is 1.21 bits per heavy atom. The largest absolute Gasteiger partial charge is 0.494 e. The van der Waals surface area contributed by atoms with Crippen molar-refractivity contribution in [3.05, 3.63) is 83.7 Å². The number of aromatic nitrogens is 2. The normalized spacial score (nSPS) is 10.9. The summed E-state index contributed by atoms with van der Waals surface area (Å²) in [5, 5.41) is 16.4. The molecule has 0 unspecified atom stereocenters. The van der Waals surface area contributed by atoms with Gasteiger partial charge in [0.15, 0.2) is 0 Å². The maximum atomic E-state index is 12.4. The minimum atomic E-state index is -0.470. The van der Waals surface area contributed by atoms with Crippen LogP contribution in [0.3, 0.4) is 0 Å². The summed E-state index contributed by atoms with van der Waals surface area (Å²) in [6.07, 6.45) is 4.96. The van der Waals surface area contributed by atoms with E-state index in [0.29, 0.717) is 24.4 Å². The van der Waals surface area contributed by atoms with Crippen molar-refractivity contribution in [3.63, 3.8) is 0 Å². The molecule has 2 aromatic carbocycles. The summed E-state index contributed by atoms with van der Waals surface area (Å²) in [6.45, 7) is 3.10. The Labute approximate surface area is 163 Å². The Balaban J connectivity index is 1.67. The Bertz CT molecular complexity index is 999. The zero-order valence-corrected chi connectivity index (χ0v) is 15.5. The van der Waals surface area contributed by atoms with E-state index in [4.69, 9.17) is 4.74 Å². The second kappa shape index (κ2) is 9.19. The highest BCUT2D eigenvalue weighted by Crippen LogP contribution is 2.17. The highest BCUT2D eigenvalue weighted by atomic mass is 16.5. The predicted molar refractivity (Wildman–Crippen MR) is 108 cm³/mol. The van der Waals surface area contributed by atoms with E-state index in [0.717, 1.165) is 11.3 Å². The number of hydrogen-bond donors (Lipinski definition) is 1. The molecule has 1 heterocycles. The van der Waals surface area contributed by atoms with Crippen LogP contribution < -0.4 is 10.1 Å². The van der Waals surface area contributed by atoms with Gasteiger partial charge in [-0.1, -0.05) is 30.3 Å².